The molecule has 0 aromatic heterocycles. The number of carbonyl (C=O) groups excluding carboxylic acids is 2. The van der Waals surface area contributed by atoms with E-state index in [4.69, 9.17) is 18.9 Å². The smallest absolute Gasteiger partial charge is 0.333 e. The summed E-state index contributed by atoms with van der Waals surface area (Å²) < 4.78 is 22.2. The van der Waals surface area contributed by atoms with Crippen molar-refractivity contribution in [3.63, 3.8) is 0 Å². The third-order valence-corrected chi connectivity index (χ3v) is 6.28. The van der Waals surface area contributed by atoms with E-state index < -0.39 is 0 Å². The van der Waals surface area contributed by atoms with E-state index in [1.807, 2.05) is 55.5 Å². The van der Waals surface area contributed by atoms with Crippen LogP contribution in [0.5, 0.6) is 11.5 Å². The van der Waals surface area contributed by atoms with Gasteiger partial charge in [-0.3, -0.25) is 4.79 Å². The van der Waals surface area contributed by atoms with Crippen molar-refractivity contribution in [1.82, 2.24) is 0 Å². The maximum atomic E-state index is 11.4. The van der Waals surface area contributed by atoms with Gasteiger partial charge in [-0.1, -0.05) is 37.8 Å². The van der Waals surface area contributed by atoms with Crippen molar-refractivity contribution in [2.45, 2.75) is 57.7 Å². The molecule has 6 nitrogen and oxygen atoms in total. The highest BCUT2D eigenvalue weighted by atomic mass is 16.6. The van der Waals surface area contributed by atoms with Crippen molar-refractivity contribution in [2.24, 2.45) is 5.92 Å². The fourth-order valence-electron chi connectivity index (χ4n) is 4.25. The quantitative estimate of drug-likeness (QED) is 0.249. The van der Waals surface area contributed by atoms with Crippen molar-refractivity contribution in [2.75, 3.05) is 13.2 Å². The molecule has 2 aliphatic rings. The highest BCUT2D eigenvalue weighted by Gasteiger charge is 2.30. The van der Waals surface area contributed by atoms with Crippen LogP contribution in [-0.2, 0) is 19.1 Å². The Hall–Kier alpha value is -3.28. The first kappa shape index (κ1) is 23.9. The molecule has 4 rings (SSSR count). The number of esters is 2. The molecule has 0 N–H and O–H groups in total. The Kier molecular flexibility index (Phi) is 7.88. The van der Waals surface area contributed by atoms with Crippen molar-refractivity contribution >= 4 is 11.9 Å². The Morgan fingerprint density at radius 2 is 1.44 bits per heavy atom. The fourth-order valence-corrected chi connectivity index (χ4v) is 4.25. The highest BCUT2D eigenvalue weighted by molar-refractivity contribution is 5.89. The lowest BCUT2D eigenvalue weighted by molar-refractivity contribution is -0.144. The van der Waals surface area contributed by atoms with E-state index in [1.54, 1.807) is 0 Å². The van der Waals surface area contributed by atoms with Crippen molar-refractivity contribution < 1.29 is 28.5 Å². The van der Waals surface area contributed by atoms with Crippen LogP contribution >= 0.6 is 0 Å². The minimum absolute atomic E-state index is 0.0365. The van der Waals surface area contributed by atoms with Crippen LogP contribution in [0, 0.1) is 5.92 Å². The van der Waals surface area contributed by atoms with Crippen molar-refractivity contribution in [3.8, 4) is 22.6 Å². The number of hydrogen-bond donors (Lipinski definition) is 0. The van der Waals surface area contributed by atoms with Gasteiger partial charge < -0.3 is 18.9 Å². The van der Waals surface area contributed by atoms with Crippen molar-refractivity contribution in [3.05, 3.63) is 60.7 Å². The zero-order chi connectivity index (χ0) is 23.9. The molecule has 0 aliphatic carbocycles. The Morgan fingerprint density at radius 1 is 0.824 bits per heavy atom. The molecule has 2 saturated heterocycles. The zero-order valence-electron chi connectivity index (χ0n) is 19.7. The molecule has 2 aromatic carbocycles. The van der Waals surface area contributed by atoms with Crippen LogP contribution in [0.1, 0.15) is 45.4 Å². The summed E-state index contributed by atoms with van der Waals surface area (Å²) >= 11 is 0. The van der Waals surface area contributed by atoms with Crippen LogP contribution < -0.4 is 9.47 Å². The molecule has 3 unspecified atom stereocenters. The maximum Gasteiger partial charge on any atom is 0.333 e. The predicted molar refractivity (Wildman–Crippen MR) is 129 cm³/mol. The van der Waals surface area contributed by atoms with Crippen LogP contribution in [0.4, 0.5) is 0 Å². The minimum Gasteiger partial charge on any atom is -0.494 e. The van der Waals surface area contributed by atoms with Gasteiger partial charge in [0, 0.05) is 18.4 Å². The molecule has 34 heavy (non-hydrogen) atoms. The van der Waals surface area contributed by atoms with Gasteiger partial charge in [-0.25, -0.2) is 4.79 Å². The SMILES string of the molecule is C=C1CC(CCOc2ccc(-c3ccc(OCCCCC4CC(C)C(=O)O4)cc3)cc2)OC1=O. The van der Waals surface area contributed by atoms with Gasteiger partial charge in [0.25, 0.3) is 0 Å². The van der Waals surface area contributed by atoms with Gasteiger partial charge in [0.2, 0.25) is 0 Å². The Morgan fingerprint density at radius 3 is 1.97 bits per heavy atom. The van der Waals surface area contributed by atoms with Crippen LogP contribution in [0.3, 0.4) is 0 Å². The number of benzene rings is 2. The first-order valence-electron chi connectivity index (χ1n) is 12.0. The molecule has 2 heterocycles. The van der Waals surface area contributed by atoms with Gasteiger partial charge in [-0.05, 0) is 61.1 Å². The number of rotatable bonds is 11. The van der Waals surface area contributed by atoms with Gasteiger partial charge in [0.1, 0.15) is 23.7 Å². The average molecular weight is 465 g/mol. The summed E-state index contributed by atoms with van der Waals surface area (Å²) in [5, 5.41) is 0. The van der Waals surface area contributed by atoms with Crippen LogP contribution in [0.2, 0.25) is 0 Å². The molecule has 0 radical (unpaired) electrons. The molecule has 2 aromatic rings. The van der Waals surface area contributed by atoms with E-state index in [1.165, 1.54) is 0 Å². The molecule has 0 bridgehead atoms. The number of hydrogen-bond acceptors (Lipinski definition) is 6. The van der Waals surface area contributed by atoms with Gasteiger partial charge in [-0.2, -0.15) is 0 Å². The van der Waals surface area contributed by atoms with Crippen LogP contribution in [-0.4, -0.2) is 37.4 Å². The molecule has 2 aliphatic heterocycles. The monoisotopic (exact) mass is 464 g/mol. The second kappa shape index (κ2) is 11.2. The third-order valence-electron chi connectivity index (χ3n) is 6.28. The molecule has 0 amide bonds. The lowest BCUT2D eigenvalue weighted by Crippen LogP contribution is -2.11. The summed E-state index contributed by atoms with van der Waals surface area (Å²) in [6, 6.07) is 16.0. The summed E-state index contributed by atoms with van der Waals surface area (Å²) in [5.41, 5.74) is 2.74. The van der Waals surface area contributed by atoms with E-state index in [-0.39, 0.29) is 30.1 Å². The molecule has 0 saturated carbocycles. The number of carbonyl (C=O) groups is 2. The molecular weight excluding hydrogens is 432 g/mol. The summed E-state index contributed by atoms with van der Waals surface area (Å²) in [7, 11) is 0. The third kappa shape index (κ3) is 6.40. The maximum absolute atomic E-state index is 11.4. The van der Waals surface area contributed by atoms with Gasteiger partial charge in [0.05, 0.1) is 19.1 Å². The van der Waals surface area contributed by atoms with Crippen molar-refractivity contribution in [1.29, 1.82) is 0 Å². The second-order valence-corrected chi connectivity index (χ2v) is 9.06. The average Bonchev–Trinajstić information content (AvgIpc) is 3.33. The molecule has 6 heteroatoms. The number of cyclic esters (lactones) is 2. The van der Waals surface area contributed by atoms with Gasteiger partial charge in [0.15, 0.2) is 0 Å². The Labute approximate surface area is 200 Å². The van der Waals surface area contributed by atoms with Crippen LogP contribution in [0.25, 0.3) is 11.1 Å². The van der Waals surface area contributed by atoms with E-state index in [0.29, 0.717) is 31.6 Å². The Balaban J connectivity index is 1.15. The summed E-state index contributed by atoms with van der Waals surface area (Å²) in [5.74, 6) is 1.31. The molecule has 180 valence electrons. The lowest BCUT2D eigenvalue weighted by Gasteiger charge is -2.11. The van der Waals surface area contributed by atoms with E-state index in [2.05, 4.69) is 6.58 Å². The number of unbranched alkanes of at least 4 members (excludes halogenated alkanes) is 1. The summed E-state index contributed by atoms with van der Waals surface area (Å²) in [6.45, 7) is 6.76. The molecule has 3 atom stereocenters. The highest BCUT2D eigenvalue weighted by Crippen LogP contribution is 2.27. The molecule has 0 spiro atoms. The summed E-state index contributed by atoms with van der Waals surface area (Å²) in [4.78, 5) is 22.8. The normalized spacial score (nSPS) is 21.9. The summed E-state index contributed by atoms with van der Waals surface area (Å²) in [6.07, 6.45) is 4.84. The van der Waals surface area contributed by atoms with E-state index in [9.17, 15) is 9.59 Å². The second-order valence-electron chi connectivity index (χ2n) is 9.06. The topological polar surface area (TPSA) is 71.1 Å². The fraction of sp³-hybridized carbons (Fsp3) is 0.429. The van der Waals surface area contributed by atoms with E-state index in [0.717, 1.165) is 48.3 Å². The van der Waals surface area contributed by atoms with Gasteiger partial charge in [-0.15, -0.1) is 0 Å². The largest absolute Gasteiger partial charge is 0.494 e. The first-order chi connectivity index (χ1) is 16.5. The van der Waals surface area contributed by atoms with E-state index >= 15 is 0 Å². The minimum atomic E-state index is -0.298. The first-order valence-corrected chi connectivity index (χ1v) is 12.0. The predicted octanol–water partition coefficient (Wildman–Crippen LogP) is 5.49. The zero-order valence-corrected chi connectivity index (χ0v) is 19.7. The molecular formula is C28H32O6. The standard InChI is InChI=1S/C28H32O6/c1-19-17-25(33-27(19)29)5-3-4-15-31-23-10-6-21(7-11-23)22-8-12-24(13-9-22)32-16-14-26-18-20(2)28(30)34-26/h6-13,19,25-26H,2-5,14-18H2,1H3. The number of ether oxygens (including phenoxy) is 4. The van der Waals surface area contributed by atoms with Gasteiger partial charge >= 0.3 is 11.9 Å². The molecule has 2 fully saturated rings. The lowest BCUT2D eigenvalue weighted by atomic mass is 10.0. The Bertz CT molecular complexity index is 979. The van der Waals surface area contributed by atoms with Crippen LogP contribution in [0.15, 0.2) is 60.7 Å².